The van der Waals surface area contributed by atoms with Crippen LogP contribution >= 0.6 is 0 Å². The first-order valence-corrected chi connectivity index (χ1v) is 6.70. The van der Waals surface area contributed by atoms with Gasteiger partial charge in [0.2, 0.25) is 0 Å². The third kappa shape index (κ3) is 2.96. The van der Waals surface area contributed by atoms with Gasteiger partial charge in [0.25, 0.3) is 0 Å². The summed E-state index contributed by atoms with van der Waals surface area (Å²) in [5.41, 5.74) is 3.52. The van der Waals surface area contributed by atoms with Crippen LogP contribution in [0.4, 0.5) is 11.6 Å². The molecule has 1 aliphatic heterocycles. The number of hydrazine groups is 1. The van der Waals surface area contributed by atoms with Gasteiger partial charge in [0, 0.05) is 18.7 Å². The molecule has 19 heavy (non-hydrogen) atoms. The summed E-state index contributed by atoms with van der Waals surface area (Å²) < 4.78 is 5.93. The number of nitrogens with one attached hydrogen (secondary N) is 1. The quantitative estimate of drug-likeness (QED) is 0.634. The molecule has 106 valence electrons. The first-order chi connectivity index (χ1) is 8.96. The lowest BCUT2D eigenvalue weighted by molar-refractivity contribution is -0.0752. The van der Waals surface area contributed by atoms with Gasteiger partial charge < -0.3 is 15.1 Å². The molecule has 0 radical (unpaired) electrons. The van der Waals surface area contributed by atoms with Gasteiger partial charge in [0.15, 0.2) is 0 Å². The summed E-state index contributed by atoms with van der Waals surface area (Å²) in [4.78, 5) is 10.9. The lowest BCUT2D eigenvalue weighted by Crippen LogP contribution is -2.52. The Hall–Kier alpha value is -1.40. The number of ether oxygens (including phenoxy) is 1. The van der Waals surface area contributed by atoms with Crippen molar-refractivity contribution in [3.05, 3.63) is 11.9 Å². The third-order valence-corrected chi connectivity index (χ3v) is 3.28. The van der Waals surface area contributed by atoms with Crippen LogP contribution in [0.25, 0.3) is 0 Å². The van der Waals surface area contributed by atoms with E-state index in [1.165, 1.54) is 0 Å². The van der Waals surface area contributed by atoms with E-state index in [0.29, 0.717) is 5.82 Å². The van der Waals surface area contributed by atoms with Gasteiger partial charge >= 0.3 is 0 Å². The maximum absolute atomic E-state index is 5.93. The van der Waals surface area contributed by atoms with E-state index >= 15 is 0 Å². The molecule has 6 nitrogen and oxygen atoms in total. The molecule has 2 heterocycles. The summed E-state index contributed by atoms with van der Waals surface area (Å²) in [6.45, 7) is 10.0. The minimum absolute atomic E-state index is 0.177. The molecular weight excluding hydrogens is 242 g/mol. The Bertz CT molecular complexity index is 449. The molecule has 0 saturated carbocycles. The molecule has 2 rings (SSSR count). The van der Waals surface area contributed by atoms with E-state index in [1.807, 2.05) is 0 Å². The van der Waals surface area contributed by atoms with Crippen LogP contribution in [0.2, 0.25) is 0 Å². The van der Waals surface area contributed by atoms with E-state index in [1.54, 1.807) is 6.33 Å². The van der Waals surface area contributed by atoms with Crippen molar-refractivity contribution >= 4 is 11.6 Å². The molecule has 0 aliphatic carbocycles. The number of aromatic nitrogens is 2. The van der Waals surface area contributed by atoms with Crippen molar-refractivity contribution in [2.75, 3.05) is 23.4 Å². The summed E-state index contributed by atoms with van der Waals surface area (Å²) in [5.74, 6) is 7.17. The molecule has 1 aromatic heterocycles. The Labute approximate surface area is 114 Å². The van der Waals surface area contributed by atoms with Gasteiger partial charge in [-0.2, -0.15) is 0 Å². The second kappa shape index (κ2) is 5.30. The van der Waals surface area contributed by atoms with E-state index < -0.39 is 0 Å². The molecule has 1 unspecified atom stereocenters. The topological polar surface area (TPSA) is 76.3 Å². The van der Waals surface area contributed by atoms with Gasteiger partial charge in [-0.05, 0) is 27.2 Å². The highest BCUT2D eigenvalue weighted by molar-refractivity contribution is 5.58. The number of hydrogen-bond donors (Lipinski definition) is 2. The van der Waals surface area contributed by atoms with E-state index in [2.05, 4.69) is 48.0 Å². The van der Waals surface area contributed by atoms with E-state index in [0.717, 1.165) is 30.9 Å². The van der Waals surface area contributed by atoms with Crippen molar-refractivity contribution in [1.29, 1.82) is 0 Å². The number of nitrogen functional groups attached to an aromatic ring is 1. The maximum atomic E-state index is 5.93. The second-order valence-electron chi connectivity index (χ2n) is 5.59. The molecule has 1 atom stereocenters. The predicted molar refractivity (Wildman–Crippen MR) is 76.1 cm³/mol. The van der Waals surface area contributed by atoms with Gasteiger partial charge in [0.1, 0.15) is 18.0 Å². The predicted octanol–water partition coefficient (Wildman–Crippen LogP) is 1.33. The number of anilines is 2. The van der Waals surface area contributed by atoms with Crippen LogP contribution in [-0.2, 0) is 11.2 Å². The minimum atomic E-state index is -0.177. The largest absolute Gasteiger partial charge is 0.369 e. The Kier molecular flexibility index (Phi) is 3.91. The number of rotatable bonds is 3. The second-order valence-corrected chi connectivity index (χ2v) is 5.59. The Morgan fingerprint density at radius 1 is 1.53 bits per heavy atom. The highest BCUT2D eigenvalue weighted by Crippen LogP contribution is 2.29. The Morgan fingerprint density at radius 2 is 2.26 bits per heavy atom. The first-order valence-electron chi connectivity index (χ1n) is 6.70. The van der Waals surface area contributed by atoms with Crippen molar-refractivity contribution in [2.45, 2.75) is 45.8 Å². The highest BCUT2D eigenvalue weighted by atomic mass is 16.5. The molecule has 3 N–H and O–H groups in total. The van der Waals surface area contributed by atoms with Crippen LogP contribution in [0, 0.1) is 0 Å². The number of hydrogen-bond acceptors (Lipinski definition) is 6. The van der Waals surface area contributed by atoms with Crippen LogP contribution in [-0.4, -0.2) is 34.8 Å². The van der Waals surface area contributed by atoms with Gasteiger partial charge in [-0.15, -0.1) is 0 Å². The Morgan fingerprint density at radius 3 is 2.84 bits per heavy atom. The van der Waals surface area contributed by atoms with E-state index in [9.17, 15) is 0 Å². The van der Waals surface area contributed by atoms with Gasteiger partial charge in [-0.3, -0.25) is 0 Å². The normalized spacial score (nSPS) is 22.4. The summed E-state index contributed by atoms with van der Waals surface area (Å²) in [6, 6.07) is 0. The average Bonchev–Trinajstić information content (AvgIpc) is 2.35. The summed E-state index contributed by atoms with van der Waals surface area (Å²) in [5, 5.41) is 0. The molecule has 0 amide bonds. The van der Waals surface area contributed by atoms with Crippen LogP contribution in [0.1, 0.15) is 33.3 Å². The zero-order valence-corrected chi connectivity index (χ0v) is 12.1. The fourth-order valence-corrected chi connectivity index (χ4v) is 2.74. The lowest BCUT2D eigenvalue weighted by Gasteiger charge is -2.42. The highest BCUT2D eigenvalue weighted by Gasteiger charge is 2.33. The molecule has 0 aromatic carbocycles. The van der Waals surface area contributed by atoms with Crippen molar-refractivity contribution in [1.82, 2.24) is 9.97 Å². The molecule has 1 aliphatic rings. The maximum Gasteiger partial charge on any atom is 0.148 e. The van der Waals surface area contributed by atoms with Crippen molar-refractivity contribution < 1.29 is 4.74 Å². The van der Waals surface area contributed by atoms with Crippen LogP contribution in [0.5, 0.6) is 0 Å². The average molecular weight is 265 g/mol. The van der Waals surface area contributed by atoms with E-state index in [-0.39, 0.29) is 11.7 Å². The van der Waals surface area contributed by atoms with Crippen molar-refractivity contribution in [3.8, 4) is 0 Å². The van der Waals surface area contributed by atoms with Crippen LogP contribution < -0.4 is 16.2 Å². The van der Waals surface area contributed by atoms with Gasteiger partial charge in [0.05, 0.1) is 11.7 Å². The number of nitrogens with zero attached hydrogens (tertiary/aromatic N) is 3. The van der Waals surface area contributed by atoms with Gasteiger partial charge in [-0.1, -0.05) is 6.92 Å². The first kappa shape index (κ1) is 14.0. The molecule has 1 fully saturated rings. The molecule has 1 saturated heterocycles. The summed E-state index contributed by atoms with van der Waals surface area (Å²) in [7, 11) is 0. The smallest absolute Gasteiger partial charge is 0.148 e. The number of nitrogens with two attached hydrogens (primary N) is 1. The lowest BCUT2D eigenvalue weighted by atomic mass is 10.0. The molecular formula is C13H23N5O. The molecule has 0 spiro atoms. The fraction of sp³-hybridized carbons (Fsp3) is 0.692. The van der Waals surface area contributed by atoms with Crippen LogP contribution in [0.3, 0.4) is 0 Å². The Balaban J connectivity index is 2.35. The minimum Gasteiger partial charge on any atom is -0.369 e. The zero-order valence-electron chi connectivity index (χ0n) is 12.1. The zero-order chi connectivity index (χ0) is 14.0. The summed E-state index contributed by atoms with van der Waals surface area (Å²) in [6.07, 6.45) is 2.57. The number of morpholine rings is 1. The van der Waals surface area contributed by atoms with Crippen molar-refractivity contribution in [2.24, 2.45) is 5.84 Å². The molecule has 0 bridgehead atoms. The molecule has 1 aromatic rings. The fourth-order valence-electron chi connectivity index (χ4n) is 2.74. The monoisotopic (exact) mass is 265 g/mol. The van der Waals surface area contributed by atoms with Gasteiger partial charge in [-0.25, -0.2) is 15.8 Å². The summed E-state index contributed by atoms with van der Waals surface area (Å²) >= 11 is 0. The third-order valence-electron chi connectivity index (χ3n) is 3.28. The molecule has 6 heteroatoms. The van der Waals surface area contributed by atoms with Crippen LogP contribution in [0.15, 0.2) is 6.33 Å². The van der Waals surface area contributed by atoms with Crippen molar-refractivity contribution in [3.63, 3.8) is 0 Å². The standard InChI is InChI=1S/C13H23N5O/c1-5-10-11(17-14)15-8-16-12(10)18-6-9(2)19-13(3,4)7-18/h8-9H,5-7,14H2,1-4H3,(H,15,16,17). The van der Waals surface area contributed by atoms with E-state index in [4.69, 9.17) is 10.6 Å². The SMILES string of the molecule is CCc1c(NN)ncnc1N1CC(C)OC(C)(C)C1.